The SMILES string of the molecule is CNCc1cccc2[nH]ccc12.O=C(O)C(=O)O. The highest BCUT2D eigenvalue weighted by Crippen LogP contribution is 2.16. The highest BCUT2D eigenvalue weighted by Gasteiger charge is 2.04. The van der Waals surface area contributed by atoms with Crippen molar-refractivity contribution in [3.8, 4) is 0 Å². The molecule has 0 saturated carbocycles. The molecule has 0 aliphatic heterocycles. The van der Waals surface area contributed by atoms with Crippen LogP contribution in [0, 0.1) is 0 Å². The summed E-state index contributed by atoms with van der Waals surface area (Å²) in [6.07, 6.45) is 1.98. The first-order chi connectivity index (χ1) is 8.56. The van der Waals surface area contributed by atoms with Gasteiger partial charge in [-0.3, -0.25) is 0 Å². The van der Waals surface area contributed by atoms with E-state index >= 15 is 0 Å². The van der Waals surface area contributed by atoms with Crippen molar-refractivity contribution < 1.29 is 19.8 Å². The number of aliphatic carboxylic acids is 2. The molecule has 0 aliphatic carbocycles. The Morgan fingerprint density at radius 3 is 2.44 bits per heavy atom. The van der Waals surface area contributed by atoms with Crippen molar-refractivity contribution in [3.63, 3.8) is 0 Å². The topological polar surface area (TPSA) is 102 Å². The van der Waals surface area contributed by atoms with Crippen LogP contribution in [0.3, 0.4) is 0 Å². The highest BCUT2D eigenvalue weighted by molar-refractivity contribution is 6.27. The summed E-state index contributed by atoms with van der Waals surface area (Å²) in [7, 11) is 1.96. The van der Waals surface area contributed by atoms with E-state index in [0.717, 1.165) is 6.54 Å². The lowest BCUT2D eigenvalue weighted by Gasteiger charge is -2.00. The van der Waals surface area contributed by atoms with E-state index in [2.05, 4.69) is 34.6 Å². The van der Waals surface area contributed by atoms with Gasteiger partial charge in [-0.15, -0.1) is 0 Å². The molecule has 4 N–H and O–H groups in total. The third-order valence-electron chi connectivity index (χ3n) is 2.24. The van der Waals surface area contributed by atoms with Gasteiger partial charge in [0.1, 0.15) is 0 Å². The van der Waals surface area contributed by atoms with Crippen LogP contribution < -0.4 is 5.32 Å². The zero-order valence-electron chi connectivity index (χ0n) is 9.80. The van der Waals surface area contributed by atoms with E-state index in [4.69, 9.17) is 19.8 Å². The minimum atomic E-state index is -1.82. The predicted octanol–water partition coefficient (Wildman–Crippen LogP) is 1.04. The molecule has 0 radical (unpaired) electrons. The van der Waals surface area contributed by atoms with Gasteiger partial charge in [-0.2, -0.15) is 0 Å². The number of carboxylic acids is 2. The lowest BCUT2D eigenvalue weighted by Crippen LogP contribution is -2.09. The van der Waals surface area contributed by atoms with Gasteiger partial charge in [0.25, 0.3) is 0 Å². The smallest absolute Gasteiger partial charge is 0.414 e. The quantitative estimate of drug-likeness (QED) is 0.596. The Morgan fingerprint density at radius 1 is 1.22 bits per heavy atom. The van der Waals surface area contributed by atoms with Crippen LogP contribution in [-0.4, -0.2) is 34.2 Å². The van der Waals surface area contributed by atoms with Crippen molar-refractivity contribution in [3.05, 3.63) is 36.0 Å². The molecule has 1 heterocycles. The normalized spacial score (nSPS) is 9.61. The molecule has 96 valence electrons. The Hall–Kier alpha value is -2.34. The van der Waals surface area contributed by atoms with Crippen LogP contribution in [-0.2, 0) is 16.1 Å². The number of hydrogen-bond donors (Lipinski definition) is 4. The van der Waals surface area contributed by atoms with Crippen molar-refractivity contribution in [2.24, 2.45) is 0 Å². The Morgan fingerprint density at radius 2 is 1.89 bits per heavy atom. The average Bonchev–Trinajstić information content (AvgIpc) is 2.79. The lowest BCUT2D eigenvalue weighted by molar-refractivity contribution is -0.159. The first-order valence-corrected chi connectivity index (χ1v) is 5.22. The Balaban J connectivity index is 0.000000232. The molecule has 1 aromatic carbocycles. The number of hydrogen-bond acceptors (Lipinski definition) is 3. The molecule has 0 aliphatic rings. The van der Waals surface area contributed by atoms with E-state index < -0.39 is 11.9 Å². The number of carbonyl (C=O) groups is 2. The summed E-state index contributed by atoms with van der Waals surface area (Å²) in [5, 5.41) is 19.2. The molecule has 0 atom stereocenters. The van der Waals surface area contributed by atoms with Crippen molar-refractivity contribution >= 4 is 22.8 Å². The number of fused-ring (bicyclic) bond motifs is 1. The van der Waals surface area contributed by atoms with Crippen LogP contribution in [0.1, 0.15) is 5.56 Å². The molecule has 2 aromatic rings. The summed E-state index contributed by atoms with van der Waals surface area (Å²) in [5.74, 6) is -3.65. The Kier molecular flexibility index (Phi) is 4.89. The number of H-pyrrole nitrogens is 1. The predicted molar refractivity (Wildman–Crippen MR) is 66.3 cm³/mol. The van der Waals surface area contributed by atoms with Crippen molar-refractivity contribution in [2.75, 3.05) is 7.05 Å². The van der Waals surface area contributed by atoms with Crippen molar-refractivity contribution in [2.45, 2.75) is 6.54 Å². The van der Waals surface area contributed by atoms with Gasteiger partial charge < -0.3 is 20.5 Å². The minimum Gasteiger partial charge on any atom is -0.473 e. The second-order valence-electron chi connectivity index (χ2n) is 3.50. The standard InChI is InChI=1S/C10H12N2.C2H2O4/c1-11-7-8-3-2-4-10-9(8)5-6-12-10;3-1(4)2(5)6/h2-6,11-12H,7H2,1H3;(H,3,4)(H,5,6). The number of nitrogens with one attached hydrogen (secondary N) is 2. The van der Waals surface area contributed by atoms with E-state index in [1.54, 1.807) is 0 Å². The van der Waals surface area contributed by atoms with Gasteiger partial charge in [-0.1, -0.05) is 12.1 Å². The molecule has 1 aromatic heterocycles. The Bertz CT molecular complexity index is 536. The van der Waals surface area contributed by atoms with Gasteiger partial charge in [-0.25, -0.2) is 9.59 Å². The van der Waals surface area contributed by atoms with E-state index in [-0.39, 0.29) is 0 Å². The van der Waals surface area contributed by atoms with E-state index in [1.165, 1.54) is 16.5 Å². The molecule has 6 nitrogen and oxygen atoms in total. The van der Waals surface area contributed by atoms with E-state index in [0.29, 0.717) is 0 Å². The molecular formula is C12H14N2O4. The molecule has 2 rings (SSSR count). The number of aromatic amines is 1. The van der Waals surface area contributed by atoms with Crippen molar-refractivity contribution in [1.29, 1.82) is 0 Å². The summed E-state index contributed by atoms with van der Waals surface area (Å²) in [6, 6.07) is 8.43. The van der Waals surface area contributed by atoms with Crippen LogP contribution >= 0.6 is 0 Å². The maximum atomic E-state index is 9.10. The zero-order valence-corrected chi connectivity index (χ0v) is 9.80. The van der Waals surface area contributed by atoms with Crippen LogP contribution in [0.2, 0.25) is 0 Å². The number of rotatable bonds is 2. The summed E-state index contributed by atoms with van der Waals surface area (Å²) >= 11 is 0. The second-order valence-corrected chi connectivity index (χ2v) is 3.50. The summed E-state index contributed by atoms with van der Waals surface area (Å²) in [6.45, 7) is 0.926. The monoisotopic (exact) mass is 250 g/mol. The fourth-order valence-corrected chi connectivity index (χ4v) is 1.50. The molecule has 18 heavy (non-hydrogen) atoms. The average molecular weight is 250 g/mol. The maximum Gasteiger partial charge on any atom is 0.414 e. The second kappa shape index (κ2) is 6.41. The Labute approximate surface area is 103 Å². The summed E-state index contributed by atoms with van der Waals surface area (Å²) in [4.78, 5) is 21.4. The van der Waals surface area contributed by atoms with Gasteiger partial charge in [0.05, 0.1) is 0 Å². The van der Waals surface area contributed by atoms with Gasteiger partial charge in [0.15, 0.2) is 0 Å². The van der Waals surface area contributed by atoms with E-state index in [9.17, 15) is 0 Å². The summed E-state index contributed by atoms with van der Waals surface area (Å²) in [5.41, 5.74) is 2.55. The van der Waals surface area contributed by atoms with Gasteiger partial charge >= 0.3 is 11.9 Å². The van der Waals surface area contributed by atoms with Gasteiger partial charge in [0, 0.05) is 23.6 Å². The van der Waals surface area contributed by atoms with Crippen molar-refractivity contribution in [1.82, 2.24) is 10.3 Å². The van der Waals surface area contributed by atoms with Crippen LogP contribution in [0.4, 0.5) is 0 Å². The van der Waals surface area contributed by atoms with Crippen LogP contribution in [0.25, 0.3) is 10.9 Å². The first-order valence-electron chi connectivity index (χ1n) is 5.22. The van der Waals surface area contributed by atoms with Gasteiger partial charge in [-0.05, 0) is 24.7 Å². The molecule has 0 spiro atoms. The van der Waals surface area contributed by atoms with Crippen LogP contribution in [0.5, 0.6) is 0 Å². The number of carboxylic acid groups (broad SMARTS) is 2. The molecule has 0 amide bonds. The summed E-state index contributed by atoms with van der Waals surface area (Å²) < 4.78 is 0. The number of aromatic nitrogens is 1. The molecular weight excluding hydrogens is 236 g/mol. The van der Waals surface area contributed by atoms with E-state index in [1.807, 2.05) is 13.2 Å². The fourth-order valence-electron chi connectivity index (χ4n) is 1.50. The fraction of sp³-hybridized carbons (Fsp3) is 0.167. The molecule has 0 bridgehead atoms. The lowest BCUT2D eigenvalue weighted by atomic mass is 10.1. The third kappa shape index (κ3) is 3.60. The molecule has 0 unspecified atom stereocenters. The third-order valence-corrected chi connectivity index (χ3v) is 2.24. The molecule has 0 fully saturated rings. The zero-order chi connectivity index (χ0) is 13.5. The number of benzene rings is 1. The maximum absolute atomic E-state index is 9.10. The highest BCUT2D eigenvalue weighted by atomic mass is 16.4. The first kappa shape index (κ1) is 13.7. The largest absolute Gasteiger partial charge is 0.473 e. The minimum absolute atomic E-state index is 0.926. The molecule has 0 saturated heterocycles. The van der Waals surface area contributed by atoms with Gasteiger partial charge in [0.2, 0.25) is 0 Å². The van der Waals surface area contributed by atoms with Crippen LogP contribution in [0.15, 0.2) is 30.5 Å². The molecule has 6 heteroatoms.